The molecule has 2 atom stereocenters. The normalized spacial score (nSPS) is 14.1. The second-order valence-corrected chi connectivity index (χ2v) is 19.3. The monoisotopic (exact) mass is 879 g/mol. The van der Waals surface area contributed by atoms with E-state index in [0.717, 1.165) is 77.0 Å². The Morgan fingerprint density at radius 3 is 1.43 bits per heavy atom. The molecule has 0 amide bonds. The van der Waals surface area contributed by atoms with Crippen LogP contribution in [0.15, 0.2) is 60.8 Å². The van der Waals surface area contributed by atoms with E-state index in [1.165, 1.54) is 109 Å². The average Bonchev–Trinajstić information content (AvgIpc) is 3.22. The van der Waals surface area contributed by atoms with E-state index in [0.29, 0.717) is 24.1 Å². The average molecular weight is 879 g/mol. The van der Waals surface area contributed by atoms with E-state index in [1.807, 2.05) is 21.1 Å². The van der Waals surface area contributed by atoms with Gasteiger partial charge in [-0.15, -0.1) is 0 Å². The summed E-state index contributed by atoms with van der Waals surface area (Å²) in [5.41, 5.74) is 0. The number of carbonyl (C=O) groups excluding carboxylic acids is 1. The van der Waals surface area contributed by atoms with Crippen LogP contribution >= 0.6 is 7.82 Å². The van der Waals surface area contributed by atoms with Gasteiger partial charge in [0.1, 0.15) is 19.3 Å². The first kappa shape index (κ1) is 59.2. The van der Waals surface area contributed by atoms with E-state index in [9.17, 15) is 14.3 Å². The summed E-state index contributed by atoms with van der Waals surface area (Å²) < 4.78 is 35.1. The number of carbonyl (C=O) groups is 1. The predicted octanol–water partition coefficient (Wildman–Crippen LogP) is 15.3. The Kier molecular flexibility index (Phi) is 43.5. The molecule has 0 spiro atoms. The van der Waals surface area contributed by atoms with Crippen molar-refractivity contribution in [1.82, 2.24) is 0 Å². The molecule has 0 aromatic heterocycles. The first-order valence-corrected chi connectivity index (χ1v) is 26.5. The number of esters is 1. The number of rotatable bonds is 46. The summed E-state index contributed by atoms with van der Waals surface area (Å²) in [6.07, 6.45) is 57.0. The number of hydrogen-bond donors (Lipinski definition) is 1. The van der Waals surface area contributed by atoms with Crippen LogP contribution in [0.25, 0.3) is 0 Å². The quantitative estimate of drug-likeness (QED) is 0.0214. The molecule has 0 aromatic rings. The van der Waals surface area contributed by atoms with Gasteiger partial charge in [-0.05, 0) is 77.0 Å². The van der Waals surface area contributed by atoms with Crippen molar-refractivity contribution in [2.45, 2.75) is 213 Å². The minimum Gasteiger partial charge on any atom is -0.457 e. The summed E-state index contributed by atoms with van der Waals surface area (Å²) in [6, 6.07) is 0. The van der Waals surface area contributed by atoms with E-state index < -0.39 is 13.9 Å². The molecule has 0 aromatic carbocycles. The molecule has 0 saturated carbocycles. The highest BCUT2D eigenvalue weighted by atomic mass is 31.2. The number of phosphoric acid groups is 1. The highest BCUT2D eigenvalue weighted by Gasteiger charge is 2.26. The first-order chi connectivity index (χ1) is 29.6. The zero-order valence-corrected chi connectivity index (χ0v) is 41.3. The van der Waals surface area contributed by atoms with E-state index in [-0.39, 0.29) is 25.8 Å². The third-order valence-corrected chi connectivity index (χ3v) is 11.5. The molecule has 0 aliphatic heterocycles. The molecule has 0 fully saturated rings. The molecule has 61 heavy (non-hydrogen) atoms. The van der Waals surface area contributed by atoms with Crippen LogP contribution in [0.4, 0.5) is 0 Å². The maximum absolute atomic E-state index is 12.7. The number of likely N-dealkylation sites (N-methyl/N-ethyl adjacent to an activating group) is 1. The molecule has 2 unspecified atom stereocenters. The first-order valence-electron chi connectivity index (χ1n) is 25.0. The minimum atomic E-state index is -4.29. The maximum Gasteiger partial charge on any atom is 0.472 e. The molecule has 0 aliphatic carbocycles. The Morgan fingerprint density at radius 2 is 0.951 bits per heavy atom. The van der Waals surface area contributed by atoms with Crippen molar-refractivity contribution < 1.29 is 37.3 Å². The Balaban J connectivity index is 4.13. The molecular weight excluding hydrogens is 782 g/mol. The summed E-state index contributed by atoms with van der Waals surface area (Å²) in [7, 11) is 1.65. The number of allylic oxidation sites excluding steroid dienone is 10. The fourth-order valence-corrected chi connectivity index (χ4v) is 7.46. The van der Waals surface area contributed by atoms with Crippen LogP contribution in [0.5, 0.6) is 0 Å². The van der Waals surface area contributed by atoms with Gasteiger partial charge in [0.15, 0.2) is 0 Å². The van der Waals surface area contributed by atoms with Crippen molar-refractivity contribution in [3.8, 4) is 0 Å². The van der Waals surface area contributed by atoms with Crippen molar-refractivity contribution in [3.05, 3.63) is 60.8 Å². The summed E-state index contributed by atoms with van der Waals surface area (Å²) in [5, 5.41) is 0. The number of hydrogen-bond acceptors (Lipinski definition) is 6. The zero-order chi connectivity index (χ0) is 44.8. The molecule has 0 rings (SSSR count). The Morgan fingerprint density at radius 1 is 0.525 bits per heavy atom. The van der Waals surface area contributed by atoms with Gasteiger partial charge in [-0.3, -0.25) is 13.8 Å². The molecule has 8 nitrogen and oxygen atoms in total. The van der Waals surface area contributed by atoms with E-state index in [2.05, 4.69) is 74.6 Å². The fourth-order valence-electron chi connectivity index (χ4n) is 6.72. The van der Waals surface area contributed by atoms with Crippen LogP contribution in [0.1, 0.15) is 206 Å². The third kappa shape index (κ3) is 49.1. The van der Waals surface area contributed by atoms with Crippen LogP contribution in [-0.4, -0.2) is 75.6 Å². The van der Waals surface area contributed by atoms with Gasteiger partial charge in [0, 0.05) is 13.0 Å². The Hall–Kier alpha value is -1.80. The Labute approximate surface area is 377 Å². The second kappa shape index (κ2) is 44.8. The van der Waals surface area contributed by atoms with Gasteiger partial charge in [-0.2, -0.15) is 0 Å². The van der Waals surface area contributed by atoms with Crippen molar-refractivity contribution in [2.24, 2.45) is 0 Å². The van der Waals surface area contributed by atoms with E-state index in [1.54, 1.807) is 0 Å². The van der Waals surface area contributed by atoms with Crippen LogP contribution in [0, 0.1) is 0 Å². The molecule has 0 saturated heterocycles. The lowest BCUT2D eigenvalue weighted by atomic mass is 10.0. The minimum absolute atomic E-state index is 0.0827. The lowest BCUT2D eigenvalue weighted by molar-refractivity contribution is -0.870. The molecule has 9 heteroatoms. The fraction of sp³-hybridized carbons (Fsp3) is 0.788. The second-order valence-electron chi connectivity index (χ2n) is 17.8. The zero-order valence-electron chi connectivity index (χ0n) is 40.4. The van der Waals surface area contributed by atoms with Gasteiger partial charge >= 0.3 is 13.8 Å². The van der Waals surface area contributed by atoms with Gasteiger partial charge in [0.2, 0.25) is 0 Å². The van der Waals surface area contributed by atoms with Crippen LogP contribution in [0.3, 0.4) is 0 Å². The standard InChI is InChI=1S/C52H96NO7P/c1-6-8-10-12-14-16-18-20-22-23-24-25-26-27-28-29-30-32-34-36-38-40-42-44-47-57-49-51(50-59-61(55,56)58-48-46-53(3,4)5)60-52(54)45-43-41-39-37-35-33-31-21-19-17-15-13-11-9-7-2/h9,11,15,17-18,20-21,23-24,31,51H,6-8,10,12-14,16,19,22,25-30,32-50H2,1-5H3/p+1/b11-9-,17-15-,20-18-,24-23-,31-21-. The van der Waals surface area contributed by atoms with Gasteiger partial charge < -0.3 is 18.9 Å². The van der Waals surface area contributed by atoms with Gasteiger partial charge in [0.05, 0.1) is 34.4 Å². The maximum atomic E-state index is 12.7. The topological polar surface area (TPSA) is 91.3 Å². The van der Waals surface area contributed by atoms with Gasteiger partial charge in [-0.1, -0.05) is 184 Å². The molecule has 0 radical (unpaired) electrons. The third-order valence-electron chi connectivity index (χ3n) is 10.6. The van der Waals surface area contributed by atoms with Crippen LogP contribution in [-0.2, 0) is 27.9 Å². The van der Waals surface area contributed by atoms with Gasteiger partial charge in [0.25, 0.3) is 0 Å². The van der Waals surface area contributed by atoms with Crippen molar-refractivity contribution >= 4 is 13.8 Å². The summed E-state index contributed by atoms with van der Waals surface area (Å²) in [6.45, 7) is 5.48. The van der Waals surface area contributed by atoms with Crippen LogP contribution < -0.4 is 0 Å². The van der Waals surface area contributed by atoms with Crippen molar-refractivity contribution in [3.63, 3.8) is 0 Å². The number of nitrogens with zero attached hydrogens (tertiary/aromatic N) is 1. The lowest BCUT2D eigenvalue weighted by Crippen LogP contribution is -2.37. The van der Waals surface area contributed by atoms with Crippen molar-refractivity contribution in [1.29, 1.82) is 0 Å². The number of ether oxygens (including phenoxy) is 2. The SMILES string of the molecule is CC/C=C\C/C=C\C/C=C\CCCCCCCC(=O)OC(COCCCCCCCCCCCCCC/C=C\C/C=C\CCCCCCC)COP(=O)(O)OCC[N+](C)(C)C. The van der Waals surface area contributed by atoms with Crippen LogP contribution in [0.2, 0.25) is 0 Å². The highest BCUT2D eigenvalue weighted by Crippen LogP contribution is 2.43. The van der Waals surface area contributed by atoms with Gasteiger partial charge in [-0.25, -0.2) is 4.57 Å². The summed E-state index contributed by atoms with van der Waals surface area (Å²) in [4.78, 5) is 22.9. The largest absolute Gasteiger partial charge is 0.472 e. The highest BCUT2D eigenvalue weighted by molar-refractivity contribution is 7.47. The molecule has 0 heterocycles. The predicted molar refractivity (Wildman–Crippen MR) is 261 cm³/mol. The molecule has 356 valence electrons. The number of quaternary nitrogens is 1. The molecule has 0 bridgehead atoms. The smallest absolute Gasteiger partial charge is 0.457 e. The Bertz CT molecular complexity index is 1160. The number of phosphoric ester groups is 1. The lowest BCUT2D eigenvalue weighted by Gasteiger charge is -2.24. The van der Waals surface area contributed by atoms with E-state index in [4.69, 9.17) is 18.5 Å². The summed E-state index contributed by atoms with van der Waals surface area (Å²) >= 11 is 0. The summed E-state index contributed by atoms with van der Waals surface area (Å²) in [5.74, 6) is -0.331. The van der Waals surface area contributed by atoms with E-state index >= 15 is 0 Å². The molecule has 1 N–H and O–H groups in total. The molecular formula is C52H97NO7P+. The number of unbranched alkanes of at least 4 members (excludes halogenated alkanes) is 22. The molecule has 0 aliphatic rings. The van der Waals surface area contributed by atoms with Crippen molar-refractivity contribution in [2.75, 3.05) is 54.1 Å².